The highest BCUT2D eigenvalue weighted by molar-refractivity contribution is 5.94. The number of aromatic amines is 1. The van der Waals surface area contributed by atoms with Crippen LogP contribution in [0.5, 0.6) is 0 Å². The first-order valence-corrected chi connectivity index (χ1v) is 5.87. The van der Waals surface area contributed by atoms with Crippen molar-refractivity contribution in [3.63, 3.8) is 0 Å². The summed E-state index contributed by atoms with van der Waals surface area (Å²) in [6.45, 7) is 7.75. The van der Waals surface area contributed by atoms with Crippen LogP contribution in [0.2, 0.25) is 0 Å². The average molecular weight is 236 g/mol. The maximum atomic E-state index is 11.9. The molecule has 0 fully saturated rings. The van der Waals surface area contributed by atoms with Crippen LogP contribution in [0.25, 0.3) is 0 Å². The molecule has 1 amide bonds. The summed E-state index contributed by atoms with van der Waals surface area (Å²) in [6, 6.07) is 1.43. The number of hydrogen-bond acceptors (Lipinski definition) is 2. The van der Waals surface area contributed by atoms with E-state index in [-0.39, 0.29) is 22.4 Å². The highest BCUT2D eigenvalue weighted by atomic mass is 16.2. The number of carbonyl (C=O) groups is 1. The predicted octanol–water partition coefficient (Wildman–Crippen LogP) is 1.99. The fraction of sp³-hybridized carbons (Fsp3) is 0.538. The summed E-state index contributed by atoms with van der Waals surface area (Å²) >= 11 is 0. The maximum Gasteiger partial charge on any atom is 0.257 e. The van der Waals surface area contributed by atoms with E-state index in [1.807, 2.05) is 13.8 Å². The molecule has 0 aliphatic rings. The third-order valence-electron chi connectivity index (χ3n) is 2.63. The van der Waals surface area contributed by atoms with Gasteiger partial charge in [-0.2, -0.15) is 0 Å². The minimum atomic E-state index is -0.315. The quantitative estimate of drug-likeness (QED) is 0.839. The second-order valence-electron chi connectivity index (χ2n) is 4.98. The molecule has 1 rings (SSSR count). The lowest BCUT2D eigenvalue weighted by Crippen LogP contribution is -2.44. The summed E-state index contributed by atoms with van der Waals surface area (Å²) in [5, 5.41) is 2.87. The van der Waals surface area contributed by atoms with Crippen LogP contribution in [-0.2, 0) is 0 Å². The van der Waals surface area contributed by atoms with Crippen molar-refractivity contribution in [1.29, 1.82) is 0 Å². The standard InChI is InChI=1S/C13H20N2O2/c1-5-6-13(3,4)15-12(17)10-8-14-9(2)7-11(10)16/h7-8H,5-6H2,1-4H3,(H,14,16)(H,15,17). The SMILES string of the molecule is CCCC(C)(C)NC(=O)c1c[nH]c(C)cc1=O. The van der Waals surface area contributed by atoms with E-state index in [1.165, 1.54) is 12.3 Å². The first-order chi connectivity index (χ1) is 7.85. The zero-order chi connectivity index (χ0) is 13.1. The van der Waals surface area contributed by atoms with Gasteiger partial charge in [0.25, 0.3) is 5.91 Å². The van der Waals surface area contributed by atoms with Crippen LogP contribution in [-0.4, -0.2) is 16.4 Å². The Morgan fingerprint density at radius 2 is 2.12 bits per heavy atom. The molecule has 0 unspecified atom stereocenters. The van der Waals surface area contributed by atoms with E-state index >= 15 is 0 Å². The molecule has 0 spiro atoms. The van der Waals surface area contributed by atoms with E-state index in [0.717, 1.165) is 18.5 Å². The van der Waals surface area contributed by atoms with E-state index in [4.69, 9.17) is 0 Å². The van der Waals surface area contributed by atoms with E-state index in [9.17, 15) is 9.59 Å². The molecule has 0 aliphatic carbocycles. The van der Waals surface area contributed by atoms with Crippen LogP contribution in [0.15, 0.2) is 17.1 Å². The van der Waals surface area contributed by atoms with Gasteiger partial charge in [-0.1, -0.05) is 13.3 Å². The minimum Gasteiger partial charge on any atom is -0.364 e. The molecule has 1 aromatic rings. The Hall–Kier alpha value is -1.58. The Labute approximate surface area is 101 Å². The molecule has 0 aromatic carbocycles. The van der Waals surface area contributed by atoms with Crippen molar-refractivity contribution >= 4 is 5.91 Å². The molecule has 1 aromatic heterocycles. The number of pyridine rings is 1. The molecule has 0 bridgehead atoms. The van der Waals surface area contributed by atoms with E-state index in [0.29, 0.717) is 0 Å². The molecule has 0 aliphatic heterocycles. The number of aromatic nitrogens is 1. The van der Waals surface area contributed by atoms with Crippen molar-refractivity contribution in [3.8, 4) is 0 Å². The average Bonchev–Trinajstić information content (AvgIpc) is 2.15. The Morgan fingerprint density at radius 3 is 2.65 bits per heavy atom. The van der Waals surface area contributed by atoms with Crippen molar-refractivity contribution in [1.82, 2.24) is 10.3 Å². The molecule has 1 heterocycles. The van der Waals surface area contributed by atoms with Gasteiger partial charge in [0.15, 0.2) is 5.43 Å². The van der Waals surface area contributed by atoms with Gasteiger partial charge in [0, 0.05) is 23.5 Å². The number of H-pyrrole nitrogens is 1. The molecule has 2 N–H and O–H groups in total. The van der Waals surface area contributed by atoms with Crippen molar-refractivity contribution in [2.24, 2.45) is 0 Å². The highest BCUT2D eigenvalue weighted by Crippen LogP contribution is 2.11. The molecule has 0 atom stereocenters. The molecule has 0 saturated heterocycles. The van der Waals surface area contributed by atoms with Gasteiger partial charge in [-0.05, 0) is 27.2 Å². The van der Waals surface area contributed by atoms with Gasteiger partial charge in [-0.15, -0.1) is 0 Å². The lowest BCUT2D eigenvalue weighted by atomic mass is 9.98. The number of nitrogens with one attached hydrogen (secondary N) is 2. The van der Waals surface area contributed by atoms with Gasteiger partial charge in [0.2, 0.25) is 0 Å². The molecule has 17 heavy (non-hydrogen) atoms. The van der Waals surface area contributed by atoms with Crippen LogP contribution in [0.3, 0.4) is 0 Å². The van der Waals surface area contributed by atoms with Crippen LogP contribution >= 0.6 is 0 Å². The summed E-state index contributed by atoms with van der Waals surface area (Å²) in [5.74, 6) is -0.315. The molecular weight excluding hydrogens is 216 g/mol. The van der Waals surface area contributed by atoms with E-state index in [2.05, 4.69) is 17.2 Å². The fourth-order valence-corrected chi connectivity index (χ4v) is 1.81. The second-order valence-corrected chi connectivity index (χ2v) is 4.98. The minimum absolute atomic E-state index is 0.166. The summed E-state index contributed by atoms with van der Waals surface area (Å²) in [7, 11) is 0. The molecule has 94 valence electrons. The monoisotopic (exact) mass is 236 g/mol. The zero-order valence-electron chi connectivity index (χ0n) is 10.9. The van der Waals surface area contributed by atoms with Crippen molar-refractivity contribution in [2.45, 2.75) is 46.1 Å². The van der Waals surface area contributed by atoms with Gasteiger partial charge in [-0.3, -0.25) is 9.59 Å². The van der Waals surface area contributed by atoms with Gasteiger partial charge in [0.05, 0.1) is 0 Å². The molecule has 0 radical (unpaired) electrons. The highest BCUT2D eigenvalue weighted by Gasteiger charge is 2.21. The fourth-order valence-electron chi connectivity index (χ4n) is 1.81. The van der Waals surface area contributed by atoms with Crippen LogP contribution in [0.4, 0.5) is 0 Å². The Kier molecular flexibility index (Phi) is 4.10. The lowest BCUT2D eigenvalue weighted by molar-refractivity contribution is 0.0907. The number of hydrogen-bond donors (Lipinski definition) is 2. The van der Waals surface area contributed by atoms with Gasteiger partial charge >= 0.3 is 0 Å². The summed E-state index contributed by atoms with van der Waals surface area (Å²) < 4.78 is 0. The van der Waals surface area contributed by atoms with Crippen LogP contribution in [0.1, 0.15) is 49.7 Å². The zero-order valence-corrected chi connectivity index (χ0v) is 10.9. The van der Waals surface area contributed by atoms with E-state index in [1.54, 1.807) is 6.92 Å². The topological polar surface area (TPSA) is 62.0 Å². The maximum absolute atomic E-state index is 11.9. The van der Waals surface area contributed by atoms with E-state index < -0.39 is 0 Å². The lowest BCUT2D eigenvalue weighted by Gasteiger charge is -2.25. The third kappa shape index (κ3) is 3.73. The summed E-state index contributed by atoms with van der Waals surface area (Å²) in [5.41, 5.74) is 0.383. The summed E-state index contributed by atoms with van der Waals surface area (Å²) in [4.78, 5) is 26.5. The number of carbonyl (C=O) groups excluding carboxylic acids is 1. The van der Waals surface area contributed by atoms with Crippen molar-refractivity contribution in [2.75, 3.05) is 0 Å². The number of rotatable bonds is 4. The van der Waals surface area contributed by atoms with Gasteiger partial charge in [0.1, 0.15) is 5.56 Å². The largest absolute Gasteiger partial charge is 0.364 e. The van der Waals surface area contributed by atoms with Crippen LogP contribution in [0, 0.1) is 6.92 Å². The second kappa shape index (κ2) is 5.17. The first-order valence-electron chi connectivity index (χ1n) is 5.87. The number of amides is 1. The normalized spacial score (nSPS) is 11.3. The van der Waals surface area contributed by atoms with Crippen molar-refractivity contribution in [3.05, 3.63) is 33.7 Å². The first kappa shape index (κ1) is 13.5. The molecule has 4 nitrogen and oxygen atoms in total. The third-order valence-corrected chi connectivity index (χ3v) is 2.63. The Bertz CT molecular complexity index is 461. The van der Waals surface area contributed by atoms with Gasteiger partial charge in [-0.25, -0.2) is 0 Å². The van der Waals surface area contributed by atoms with Gasteiger partial charge < -0.3 is 10.3 Å². The molecule has 0 saturated carbocycles. The molecular formula is C13H20N2O2. The predicted molar refractivity (Wildman–Crippen MR) is 68.3 cm³/mol. The molecule has 4 heteroatoms. The smallest absolute Gasteiger partial charge is 0.257 e. The van der Waals surface area contributed by atoms with Crippen molar-refractivity contribution < 1.29 is 4.79 Å². The summed E-state index contributed by atoms with van der Waals surface area (Å²) in [6.07, 6.45) is 3.33. The Morgan fingerprint density at radius 1 is 1.47 bits per heavy atom. The van der Waals surface area contributed by atoms with Crippen LogP contribution < -0.4 is 10.7 Å². The number of aryl methyl sites for hydroxylation is 1. The Balaban J connectivity index is 2.87.